The van der Waals surface area contributed by atoms with Crippen molar-refractivity contribution in [3.63, 3.8) is 0 Å². The number of hydrogen-bond acceptors (Lipinski definition) is 7. The number of rotatable bonds is 6. The maximum absolute atomic E-state index is 12.5. The molecule has 3 rings (SSSR count). The number of hydrogen-bond donors (Lipinski definition) is 5. The third kappa shape index (κ3) is 6.87. The van der Waals surface area contributed by atoms with E-state index >= 15 is 0 Å². The van der Waals surface area contributed by atoms with E-state index in [0.29, 0.717) is 0 Å². The number of carbonyl (C=O) groups excluding carboxylic acids is 2. The van der Waals surface area contributed by atoms with Crippen LogP contribution >= 0.6 is 0 Å². The van der Waals surface area contributed by atoms with Crippen LogP contribution in [0.5, 0.6) is 0 Å². The van der Waals surface area contributed by atoms with Gasteiger partial charge in [-0.25, -0.2) is 0 Å². The van der Waals surface area contributed by atoms with Crippen LogP contribution < -0.4 is 45.9 Å². The number of benzene rings is 3. The Morgan fingerprint density at radius 1 is 0.676 bits per heavy atom. The number of carbonyl (C=O) groups is 2. The topological polar surface area (TPSA) is 193 Å². The molecule has 0 spiro atoms. The SMILES string of the molecule is Nc1cc(C(=O)Nc2ccc(S(=O)(=O)O)cc2)ccc1C(=O)Nc1ccc(S(=O)(=O)O)cc1.[Na+]. The molecule has 0 fully saturated rings. The first-order valence-corrected chi connectivity index (χ1v) is 11.9. The van der Waals surface area contributed by atoms with Crippen molar-refractivity contribution >= 4 is 49.1 Å². The number of nitrogens with one attached hydrogen (secondary N) is 2. The Labute approximate surface area is 217 Å². The van der Waals surface area contributed by atoms with Crippen LogP contribution in [0, 0.1) is 0 Å². The molecule has 0 saturated carbocycles. The minimum Gasteiger partial charge on any atom is -0.398 e. The molecule has 0 aliphatic heterocycles. The van der Waals surface area contributed by atoms with Gasteiger partial charge in [0.05, 0.1) is 15.4 Å². The number of nitrogen functional groups attached to an aromatic ring is 1. The minimum atomic E-state index is -4.36. The summed E-state index contributed by atoms with van der Waals surface area (Å²) in [6.45, 7) is 0. The fourth-order valence-electron chi connectivity index (χ4n) is 2.73. The maximum Gasteiger partial charge on any atom is 1.00 e. The molecule has 0 aliphatic rings. The number of nitrogens with two attached hydrogens (primary N) is 1. The van der Waals surface area contributed by atoms with E-state index in [9.17, 15) is 26.4 Å². The smallest absolute Gasteiger partial charge is 0.398 e. The molecule has 34 heavy (non-hydrogen) atoms. The summed E-state index contributed by atoms with van der Waals surface area (Å²) in [5, 5.41) is 5.05. The van der Waals surface area contributed by atoms with Crippen LogP contribution in [0.3, 0.4) is 0 Å². The van der Waals surface area contributed by atoms with Crippen LogP contribution in [0.1, 0.15) is 20.7 Å². The molecule has 11 nitrogen and oxygen atoms in total. The fourth-order valence-corrected chi connectivity index (χ4v) is 3.69. The molecular weight excluding hydrogens is 497 g/mol. The van der Waals surface area contributed by atoms with Crippen molar-refractivity contribution < 1.29 is 65.1 Å². The van der Waals surface area contributed by atoms with Crippen LogP contribution in [0.2, 0.25) is 0 Å². The standard InChI is InChI=1S/C20H17N3O8S2.Na/c21-18-11-12(19(24)22-13-2-6-15(7-3-13)32(26,27)28)1-10-17(18)20(25)23-14-4-8-16(9-5-14)33(29,30)31;/h1-11H,21H2,(H,22,24)(H,23,25)(H,26,27,28)(H,29,30,31);/q;+1. The first-order valence-electron chi connectivity index (χ1n) is 9.02. The Kier molecular flexibility index (Phi) is 8.60. The van der Waals surface area contributed by atoms with Gasteiger partial charge >= 0.3 is 29.6 Å². The Bertz CT molecular complexity index is 1440. The summed E-state index contributed by atoms with van der Waals surface area (Å²) in [6.07, 6.45) is 0. The third-order valence-electron chi connectivity index (χ3n) is 4.38. The molecule has 0 aliphatic carbocycles. The average molecular weight is 514 g/mol. The minimum absolute atomic E-state index is 0. The molecule has 0 radical (unpaired) electrons. The van der Waals surface area contributed by atoms with Crippen molar-refractivity contribution in [1.29, 1.82) is 0 Å². The second-order valence-corrected chi connectivity index (χ2v) is 9.55. The van der Waals surface area contributed by atoms with Gasteiger partial charge in [0.1, 0.15) is 0 Å². The van der Waals surface area contributed by atoms with E-state index < -0.39 is 32.1 Å². The first-order chi connectivity index (χ1) is 15.3. The number of amides is 2. The normalized spacial score (nSPS) is 11.2. The van der Waals surface area contributed by atoms with E-state index in [1.807, 2.05) is 0 Å². The van der Waals surface area contributed by atoms with Crippen LogP contribution in [-0.4, -0.2) is 37.8 Å². The Morgan fingerprint density at radius 2 is 1.09 bits per heavy atom. The van der Waals surface area contributed by atoms with Gasteiger partial charge < -0.3 is 16.4 Å². The van der Waals surface area contributed by atoms with Crippen LogP contribution in [0.15, 0.2) is 76.5 Å². The van der Waals surface area contributed by atoms with E-state index in [4.69, 9.17) is 14.8 Å². The average Bonchev–Trinajstić information content (AvgIpc) is 2.73. The zero-order valence-corrected chi connectivity index (χ0v) is 21.2. The molecule has 3 aromatic rings. The van der Waals surface area contributed by atoms with Crippen LogP contribution in [0.25, 0.3) is 0 Å². The van der Waals surface area contributed by atoms with Crippen molar-refractivity contribution in [3.05, 3.63) is 77.9 Å². The molecule has 3 aromatic carbocycles. The molecule has 172 valence electrons. The Hall–Kier alpha value is -2.78. The van der Waals surface area contributed by atoms with E-state index in [2.05, 4.69) is 10.6 Å². The molecule has 0 saturated heterocycles. The fraction of sp³-hybridized carbons (Fsp3) is 0. The van der Waals surface area contributed by atoms with Crippen molar-refractivity contribution in [1.82, 2.24) is 0 Å². The first kappa shape index (κ1) is 27.5. The summed E-state index contributed by atoms with van der Waals surface area (Å²) in [5.74, 6) is -1.19. The summed E-state index contributed by atoms with van der Waals surface area (Å²) in [5.41, 5.74) is 6.61. The van der Waals surface area contributed by atoms with Crippen molar-refractivity contribution in [3.8, 4) is 0 Å². The summed E-state index contributed by atoms with van der Waals surface area (Å²) in [6, 6.07) is 13.6. The van der Waals surface area contributed by atoms with Gasteiger partial charge in [-0.05, 0) is 66.7 Å². The summed E-state index contributed by atoms with van der Waals surface area (Å²) in [7, 11) is -8.71. The maximum atomic E-state index is 12.5. The number of anilines is 3. The van der Waals surface area contributed by atoms with Gasteiger partial charge in [-0.3, -0.25) is 18.7 Å². The van der Waals surface area contributed by atoms with Gasteiger partial charge in [-0.2, -0.15) is 16.8 Å². The zero-order chi connectivity index (χ0) is 24.4. The van der Waals surface area contributed by atoms with Gasteiger partial charge in [0.15, 0.2) is 0 Å². The molecule has 2 amide bonds. The second kappa shape index (κ2) is 10.7. The van der Waals surface area contributed by atoms with Gasteiger partial charge in [-0.15, -0.1) is 0 Å². The molecular formula is C20H17N3NaO8S2+. The molecule has 0 unspecified atom stereocenters. The van der Waals surface area contributed by atoms with Crippen molar-refractivity contribution in [2.45, 2.75) is 9.79 Å². The predicted molar refractivity (Wildman–Crippen MR) is 119 cm³/mol. The summed E-state index contributed by atoms with van der Waals surface area (Å²) >= 11 is 0. The summed E-state index contributed by atoms with van der Waals surface area (Å²) in [4.78, 5) is 24.2. The molecule has 0 aromatic heterocycles. The van der Waals surface area contributed by atoms with Crippen molar-refractivity contribution in [2.24, 2.45) is 0 Å². The molecule has 14 heteroatoms. The van der Waals surface area contributed by atoms with Crippen LogP contribution in [0.4, 0.5) is 17.1 Å². The van der Waals surface area contributed by atoms with E-state index in [1.54, 1.807) is 0 Å². The second-order valence-electron chi connectivity index (χ2n) is 6.71. The summed E-state index contributed by atoms with van der Waals surface area (Å²) < 4.78 is 62.3. The molecule has 0 heterocycles. The van der Waals surface area contributed by atoms with Gasteiger partial charge in [0.25, 0.3) is 32.1 Å². The zero-order valence-electron chi connectivity index (χ0n) is 17.6. The van der Waals surface area contributed by atoms with Gasteiger partial charge in [-0.1, -0.05) is 0 Å². The molecule has 6 N–H and O–H groups in total. The van der Waals surface area contributed by atoms with E-state index in [0.717, 1.165) is 24.3 Å². The van der Waals surface area contributed by atoms with Crippen LogP contribution in [-0.2, 0) is 20.2 Å². The molecule has 0 bridgehead atoms. The largest absolute Gasteiger partial charge is 1.00 e. The third-order valence-corrected chi connectivity index (χ3v) is 6.11. The monoisotopic (exact) mass is 514 g/mol. The Balaban J connectivity index is 0.00000408. The molecule has 0 atom stereocenters. The quantitative estimate of drug-likeness (QED) is 0.160. The van der Waals surface area contributed by atoms with Gasteiger partial charge in [0.2, 0.25) is 0 Å². The van der Waals surface area contributed by atoms with E-state index in [-0.39, 0.29) is 67.5 Å². The predicted octanol–water partition coefficient (Wildman–Crippen LogP) is -0.729. The Morgan fingerprint density at radius 3 is 1.47 bits per heavy atom. The van der Waals surface area contributed by atoms with E-state index in [1.165, 1.54) is 42.5 Å². The van der Waals surface area contributed by atoms with Crippen molar-refractivity contribution in [2.75, 3.05) is 16.4 Å². The van der Waals surface area contributed by atoms with Gasteiger partial charge in [0, 0.05) is 22.6 Å².